The van der Waals surface area contributed by atoms with Crippen LogP contribution in [0.25, 0.3) is 21.8 Å². The quantitative estimate of drug-likeness (QED) is 0.0314. The number of fused-ring (bicyclic) bond motifs is 4. The summed E-state index contributed by atoms with van der Waals surface area (Å²) in [4.78, 5) is 271. The monoisotopic (exact) mass is 1830 g/mol. The number of primary amides is 2. The number of hydrogen-bond donors (Lipinski definition) is 19. The van der Waals surface area contributed by atoms with Crippen LogP contribution in [-0.4, -0.2) is 323 Å². The first-order valence-electron chi connectivity index (χ1n) is 43.3. The summed E-state index contributed by atoms with van der Waals surface area (Å²) >= 11 is 0.686. The van der Waals surface area contributed by atoms with Crippen LogP contribution in [0.5, 0.6) is 5.75 Å². The van der Waals surface area contributed by atoms with Gasteiger partial charge < -0.3 is 125 Å². The maximum absolute atomic E-state index is 15.7. The lowest BCUT2D eigenvalue weighted by Gasteiger charge is -2.36. The van der Waals surface area contributed by atoms with Gasteiger partial charge in [-0.3, -0.25) is 81.5 Å². The van der Waals surface area contributed by atoms with Crippen LogP contribution in [0.2, 0.25) is 0 Å². The van der Waals surface area contributed by atoms with Crippen molar-refractivity contribution in [2.75, 3.05) is 72.0 Å². The molecule has 3 aliphatic rings. The van der Waals surface area contributed by atoms with E-state index in [4.69, 9.17) is 11.5 Å². The predicted molar refractivity (Wildman–Crippen MR) is 473 cm³/mol. The molecule has 130 heavy (non-hydrogen) atoms. The fraction of sp³-hybridized carbons (Fsp3) is 0.540. The van der Waals surface area contributed by atoms with Crippen LogP contribution < -0.4 is 64.6 Å². The van der Waals surface area contributed by atoms with E-state index in [1.807, 2.05) is 12.2 Å². The molecule has 0 radical (unpaired) electrons. The number of carboxylic acid groups (broad SMARTS) is 1. The summed E-state index contributed by atoms with van der Waals surface area (Å²) in [5.74, 6) is -20.0. The van der Waals surface area contributed by atoms with Gasteiger partial charge in [0.05, 0.1) is 50.6 Å². The molecule has 708 valence electrons. The summed E-state index contributed by atoms with van der Waals surface area (Å²) < 4.78 is 0. The fourth-order valence-corrected chi connectivity index (χ4v) is 16.9. The number of H-pyrrole nitrogens is 2. The topological polar surface area (TPSA) is 629 Å². The van der Waals surface area contributed by atoms with Crippen molar-refractivity contribution in [2.45, 2.75) is 216 Å². The van der Waals surface area contributed by atoms with Crippen LogP contribution in [0, 0.1) is 11.8 Å². The zero-order chi connectivity index (χ0) is 95.5. The van der Waals surface area contributed by atoms with Crippen molar-refractivity contribution in [1.29, 1.82) is 0 Å². The Morgan fingerprint density at radius 2 is 1.08 bits per heavy atom. The van der Waals surface area contributed by atoms with Crippen molar-refractivity contribution in [3.05, 3.63) is 102 Å². The van der Waals surface area contributed by atoms with Crippen molar-refractivity contribution in [3.63, 3.8) is 0 Å². The number of Topliss-reactive ketones (excluding diaryl/α,β-unsaturated/α-hetero) is 1. The number of thioether (sulfide) groups is 1. The molecule has 8 rings (SSSR count). The van der Waals surface area contributed by atoms with Gasteiger partial charge in [-0.1, -0.05) is 102 Å². The Kier molecular flexibility index (Phi) is 38.4. The number of rotatable bonds is 23. The van der Waals surface area contributed by atoms with Gasteiger partial charge in [0.2, 0.25) is 94.5 Å². The minimum absolute atomic E-state index is 0.0511. The van der Waals surface area contributed by atoms with Crippen LogP contribution in [0.15, 0.2) is 85.2 Å². The molecule has 2 aromatic heterocycles. The molecule has 5 heterocycles. The van der Waals surface area contributed by atoms with Crippen molar-refractivity contribution < 1.29 is 112 Å². The number of carbonyl (C=O) groups excluding carboxylic acids is 17. The Morgan fingerprint density at radius 3 is 1.67 bits per heavy atom. The molecule has 3 aromatic carbocycles. The van der Waals surface area contributed by atoms with E-state index in [9.17, 15) is 78.3 Å². The number of likely N-dealkylation sites (N-methyl/N-ethyl adjacent to an activating group) is 3. The number of aromatic nitrogens is 2. The molecular formula is C87H121N19O23S. The number of aromatic amines is 2. The number of aliphatic hydroxyl groups excluding tert-OH is 3. The van der Waals surface area contributed by atoms with Gasteiger partial charge in [0.1, 0.15) is 78.3 Å². The minimum atomic E-state index is -1.90. The van der Waals surface area contributed by atoms with Crippen LogP contribution in [-0.2, 0) is 101 Å². The third-order valence-corrected chi connectivity index (χ3v) is 24.3. The number of aromatic hydroxyl groups is 1. The number of aliphatic hydroxyl groups is 3. The van der Waals surface area contributed by atoms with E-state index in [1.54, 1.807) is 81.7 Å². The van der Waals surface area contributed by atoms with E-state index in [2.05, 4.69) is 57.8 Å². The van der Waals surface area contributed by atoms with Crippen molar-refractivity contribution in [2.24, 2.45) is 23.3 Å². The molecule has 0 saturated carbocycles. The highest BCUT2D eigenvalue weighted by Gasteiger charge is 2.47. The number of hydrogen-bond acceptors (Lipinski definition) is 23. The largest absolute Gasteiger partial charge is 0.508 e. The number of phenolic OH excluding ortho intramolecular Hbond substituents is 1. The number of nitrogens with two attached hydrogens (primary N) is 2. The van der Waals surface area contributed by atoms with Gasteiger partial charge in [-0.15, -0.1) is 11.8 Å². The predicted octanol–water partition coefficient (Wildman–Crippen LogP) is -2.81. The van der Waals surface area contributed by atoms with Gasteiger partial charge in [0.15, 0.2) is 5.78 Å². The van der Waals surface area contributed by atoms with Crippen LogP contribution in [0.1, 0.15) is 128 Å². The first-order valence-corrected chi connectivity index (χ1v) is 44.5. The third-order valence-electron chi connectivity index (χ3n) is 23.3. The number of unbranched alkanes of at least 4 members (excludes halogenated alkanes) is 2. The van der Waals surface area contributed by atoms with Gasteiger partial charge in [0.25, 0.3) is 0 Å². The van der Waals surface area contributed by atoms with Gasteiger partial charge in [-0.2, -0.15) is 0 Å². The highest BCUT2D eigenvalue weighted by molar-refractivity contribution is 8.00. The minimum Gasteiger partial charge on any atom is -0.508 e. The maximum atomic E-state index is 15.7. The smallest absolute Gasteiger partial charge is 0.404 e. The first kappa shape index (κ1) is 103. The number of benzene rings is 3. The fourth-order valence-electron chi connectivity index (χ4n) is 16.0. The Balaban J connectivity index is 1.18. The summed E-state index contributed by atoms with van der Waals surface area (Å²) in [5, 5.41) is 79.3. The zero-order valence-corrected chi connectivity index (χ0v) is 74.8. The molecule has 21 N–H and O–H groups in total. The first-order chi connectivity index (χ1) is 61.8. The number of nitrogens with zero attached hydrogens (tertiary/aromatic N) is 5. The molecule has 5 aromatic rings. The summed E-state index contributed by atoms with van der Waals surface area (Å²) in [5.41, 5.74) is 13.7. The van der Waals surface area contributed by atoms with Gasteiger partial charge in [-0.25, -0.2) is 4.79 Å². The van der Waals surface area contributed by atoms with E-state index in [0.717, 1.165) is 24.5 Å². The SMILES string of the molecule is CCCC[C@H]1C(=O)N(C)[C@@H](CCCC)C(=O)N[C@@H](CNC(=O)O)C(=O)N[C@H](C(=O)NCC(N)=O)CSCC(=O)N[C@@H](Cc2ccc(O)cc2)C(=O)N(C)[C@@H](C)C(=O)N[C@@H](CC(N)=O)C(=O)N2CCC[C@H]2C(=O)N[C@@H](CO)C(=O)N[C@@H](CC(C)C)C(=O)N2C[C@H](O)C[C@H]2C(=O)C[C@@H](Cc2c[nH]c3ccccc23)C(=O)N[C@@H](CO)C(=O)N[C@@H](Cc2c[nH]c3ccccc23)C(=O)N1C. The molecule has 15 atom stereocenters. The highest BCUT2D eigenvalue weighted by Crippen LogP contribution is 2.30. The molecular weight excluding hydrogens is 1710 g/mol. The molecule has 0 spiro atoms. The second-order valence-corrected chi connectivity index (χ2v) is 34.4. The Morgan fingerprint density at radius 1 is 0.554 bits per heavy atom. The summed E-state index contributed by atoms with van der Waals surface area (Å²) in [6, 6.07) is -1.74. The van der Waals surface area contributed by atoms with Gasteiger partial charge in [-0.05, 0) is 92.3 Å². The molecule has 3 saturated heterocycles. The standard InChI is InChI=1S/C87H121N19O23S/c1-9-11-22-66-80(121)98-62(39-93-87(128)129)77(118)101-65(76(117)92-40-72(89)113)44-130-45-73(114)94-59(31-48-25-27-52(109)28-26-48)82(123)102(6)47(5)74(115)95-61(36-71(88)112)84(125)105-29-17-24-67(105)81(122)100-64(43-108)79(120)96-58(30-46(3)4)85(126)106-41-53(110)35-69(106)70(111)34-49(32-50-37-90-56-20-15-13-18-54(50)56)75(116)99-63(42-107)78(119)97-60(33-51-38-91-57-21-16-14-19-55(51)57)83(124)104(8)68(23-12-10-2)86(127)103(66)7/h13-16,18-21,25-28,37-38,46-47,49,53,58-69,90-91,93,107-110H,9-12,17,22-24,29-36,39-45H2,1-8H3,(H2,88,112)(H2,89,113)(H,92,117)(H,94,114)(H,95,115)(H,96,120)(H,97,119)(H,98,121)(H,99,116)(H,100,122)(H,101,118)(H,128,129)/t47-,49+,53+,58-,59-,60-,61-,62-,63-,64-,65-,66-,67-,68-,69-/m0/s1. The Hall–Kier alpha value is -12.8. The summed E-state index contributed by atoms with van der Waals surface area (Å²) in [6.07, 6.45) is -1.25. The van der Waals surface area contributed by atoms with E-state index in [1.165, 1.54) is 52.3 Å². The van der Waals surface area contributed by atoms with Crippen molar-refractivity contribution in [1.82, 2.24) is 87.6 Å². The molecule has 0 bridgehead atoms. The molecule has 42 nitrogen and oxygen atoms in total. The Labute approximate surface area is 754 Å². The second kappa shape index (κ2) is 48.6. The lowest BCUT2D eigenvalue weighted by atomic mass is 9.90. The average molecular weight is 1830 g/mol. The summed E-state index contributed by atoms with van der Waals surface area (Å²) in [7, 11) is 3.76. The van der Waals surface area contributed by atoms with E-state index in [0.29, 0.717) is 69.5 Å². The molecule has 3 aliphatic heterocycles. The number of para-hydroxylation sites is 2. The third kappa shape index (κ3) is 28.1. The van der Waals surface area contributed by atoms with Crippen LogP contribution in [0.4, 0.5) is 4.79 Å². The second-order valence-electron chi connectivity index (χ2n) is 33.4. The van der Waals surface area contributed by atoms with Crippen LogP contribution >= 0.6 is 11.8 Å². The molecule has 17 amide bonds. The van der Waals surface area contributed by atoms with Gasteiger partial charge in [0, 0.05) is 106 Å². The lowest BCUT2D eigenvalue weighted by Crippen LogP contribution is -2.62. The van der Waals surface area contributed by atoms with E-state index >= 15 is 33.6 Å². The average Bonchev–Trinajstić information content (AvgIpc) is 1.59. The summed E-state index contributed by atoms with van der Waals surface area (Å²) in [6.45, 7) is 3.80. The lowest BCUT2D eigenvalue weighted by molar-refractivity contribution is -0.149. The zero-order valence-electron chi connectivity index (χ0n) is 74.0. The van der Waals surface area contributed by atoms with E-state index < -0.39 is 254 Å². The van der Waals surface area contributed by atoms with E-state index in [-0.39, 0.29) is 82.4 Å². The number of ketones is 1. The molecule has 0 unspecified atom stereocenters. The number of carbonyl (C=O) groups is 18. The molecule has 0 aliphatic carbocycles. The number of amides is 17. The Bertz CT molecular complexity index is 4910. The van der Waals surface area contributed by atoms with Crippen LogP contribution in [0.3, 0.4) is 0 Å². The number of phenols is 1. The van der Waals surface area contributed by atoms with Gasteiger partial charge >= 0.3 is 6.09 Å². The molecule has 3 fully saturated rings. The molecule has 43 heteroatoms. The highest BCUT2D eigenvalue weighted by atomic mass is 32.2. The maximum Gasteiger partial charge on any atom is 0.404 e. The number of nitrogens with one attached hydrogen (secondary N) is 12. The van der Waals surface area contributed by atoms with Crippen molar-refractivity contribution >= 4 is 140 Å². The van der Waals surface area contributed by atoms with Crippen molar-refractivity contribution in [3.8, 4) is 5.75 Å². The normalized spacial score (nSPS) is 25.3.